The summed E-state index contributed by atoms with van der Waals surface area (Å²) in [6.07, 6.45) is 3.30. The molecular formula is C20H21N3. The zero-order chi connectivity index (χ0) is 15.6. The lowest BCUT2D eigenvalue weighted by Gasteiger charge is -2.19. The van der Waals surface area contributed by atoms with Crippen LogP contribution in [-0.4, -0.2) is 23.1 Å². The zero-order valence-electron chi connectivity index (χ0n) is 13.5. The fourth-order valence-corrected chi connectivity index (χ4v) is 3.36. The lowest BCUT2D eigenvalue weighted by atomic mass is 10.1. The van der Waals surface area contributed by atoms with E-state index >= 15 is 0 Å². The van der Waals surface area contributed by atoms with Gasteiger partial charge in [-0.3, -0.25) is 0 Å². The molecule has 0 saturated carbocycles. The largest absolute Gasteiger partial charge is 0.356 e. The van der Waals surface area contributed by atoms with E-state index < -0.39 is 0 Å². The Bertz CT molecular complexity index is 835. The fraction of sp³-hybridized carbons (Fsp3) is 0.300. The molecule has 1 aliphatic heterocycles. The van der Waals surface area contributed by atoms with Crippen molar-refractivity contribution in [3.8, 4) is 0 Å². The Kier molecular flexibility index (Phi) is 3.70. The molecule has 1 fully saturated rings. The molecule has 2 aromatic carbocycles. The Morgan fingerprint density at radius 3 is 2.61 bits per heavy atom. The molecule has 0 radical (unpaired) electrons. The maximum atomic E-state index is 4.92. The summed E-state index contributed by atoms with van der Waals surface area (Å²) in [4.78, 5) is 12.1. The summed E-state index contributed by atoms with van der Waals surface area (Å²) in [5, 5.41) is 1.17. The Morgan fingerprint density at radius 1 is 0.957 bits per heavy atom. The molecule has 0 atom stereocenters. The van der Waals surface area contributed by atoms with E-state index in [2.05, 4.69) is 60.4 Å². The van der Waals surface area contributed by atoms with Crippen LogP contribution < -0.4 is 4.90 Å². The van der Waals surface area contributed by atoms with Crippen LogP contribution >= 0.6 is 0 Å². The lowest BCUT2D eigenvalue weighted by Crippen LogP contribution is -2.20. The summed E-state index contributed by atoms with van der Waals surface area (Å²) in [5.74, 6) is 2.02. The highest BCUT2D eigenvalue weighted by Gasteiger charge is 2.18. The highest BCUT2D eigenvalue weighted by Crippen LogP contribution is 2.27. The number of hydrogen-bond acceptors (Lipinski definition) is 3. The predicted octanol–water partition coefficient (Wildman–Crippen LogP) is 4.13. The van der Waals surface area contributed by atoms with Gasteiger partial charge in [0.1, 0.15) is 11.6 Å². The fourth-order valence-electron chi connectivity index (χ4n) is 3.36. The maximum absolute atomic E-state index is 4.92. The van der Waals surface area contributed by atoms with Gasteiger partial charge in [-0.1, -0.05) is 42.0 Å². The number of fused-ring (bicyclic) bond motifs is 1. The molecule has 3 aromatic rings. The van der Waals surface area contributed by atoms with Crippen LogP contribution in [0.1, 0.15) is 29.8 Å². The highest BCUT2D eigenvalue weighted by atomic mass is 15.2. The quantitative estimate of drug-likeness (QED) is 0.728. The number of benzene rings is 2. The van der Waals surface area contributed by atoms with E-state index in [0.29, 0.717) is 0 Å². The monoisotopic (exact) mass is 303 g/mol. The molecule has 2 heterocycles. The first kappa shape index (κ1) is 14.2. The summed E-state index contributed by atoms with van der Waals surface area (Å²) < 4.78 is 0. The number of para-hydroxylation sites is 1. The second-order valence-electron chi connectivity index (χ2n) is 6.34. The van der Waals surface area contributed by atoms with Crippen LogP contribution in [0.4, 0.5) is 5.82 Å². The van der Waals surface area contributed by atoms with Crippen LogP contribution in [-0.2, 0) is 6.42 Å². The maximum Gasteiger partial charge on any atom is 0.140 e. The number of rotatable bonds is 3. The first-order valence-electron chi connectivity index (χ1n) is 8.36. The Labute approximate surface area is 137 Å². The van der Waals surface area contributed by atoms with E-state index in [-0.39, 0.29) is 0 Å². The summed E-state index contributed by atoms with van der Waals surface area (Å²) in [7, 11) is 0. The third kappa shape index (κ3) is 2.91. The van der Waals surface area contributed by atoms with Crippen LogP contribution in [0.5, 0.6) is 0 Å². The van der Waals surface area contributed by atoms with Crippen molar-refractivity contribution in [1.82, 2.24) is 9.97 Å². The van der Waals surface area contributed by atoms with Crippen LogP contribution in [0, 0.1) is 6.92 Å². The molecular weight excluding hydrogens is 282 g/mol. The molecule has 0 amide bonds. The third-order valence-corrected chi connectivity index (χ3v) is 4.48. The van der Waals surface area contributed by atoms with E-state index in [0.717, 1.165) is 36.7 Å². The second-order valence-corrected chi connectivity index (χ2v) is 6.34. The van der Waals surface area contributed by atoms with Crippen LogP contribution in [0.15, 0.2) is 48.5 Å². The van der Waals surface area contributed by atoms with Crippen LogP contribution in [0.2, 0.25) is 0 Å². The molecule has 0 unspecified atom stereocenters. The topological polar surface area (TPSA) is 29.0 Å². The van der Waals surface area contributed by atoms with E-state index in [1.165, 1.54) is 29.4 Å². The van der Waals surface area contributed by atoms with Crippen molar-refractivity contribution < 1.29 is 0 Å². The molecule has 1 aromatic heterocycles. The van der Waals surface area contributed by atoms with Gasteiger partial charge in [-0.05, 0) is 37.5 Å². The van der Waals surface area contributed by atoms with Gasteiger partial charge < -0.3 is 4.90 Å². The Hall–Kier alpha value is -2.42. The normalized spacial score (nSPS) is 14.6. The predicted molar refractivity (Wildman–Crippen MR) is 95.0 cm³/mol. The highest BCUT2D eigenvalue weighted by molar-refractivity contribution is 5.89. The Morgan fingerprint density at radius 2 is 1.78 bits per heavy atom. The van der Waals surface area contributed by atoms with Gasteiger partial charge in [0.2, 0.25) is 0 Å². The molecule has 1 aliphatic rings. The summed E-state index contributed by atoms with van der Waals surface area (Å²) >= 11 is 0. The average molecular weight is 303 g/mol. The molecule has 3 heteroatoms. The number of hydrogen-bond donors (Lipinski definition) is 0. The second kappa shape index (κ2) is 5.99. The van der Waals surface area contributed by atoms with Crippen molar-refractivity contribution in [2.45, 2.75) is 26.2 Å². The number of aryl methyl sites for hydroxylation is 1. The van der Waals surface area contributed by atoms with E-state index in [4.69, 9.17) is 9.97 Å². The summed E-state index contributed by atoms with van der Waals surface area (Å²) in [5.41, 5.74) is 3.60. The van der Waals surface area contributed by atoms with Crippen molar-refractivity contribution in [3.63, 3.8) is 0 Å². The van der Waals surface area contributed by atoms with Crippen LogP contribution in [0.3, 0.4) is 0 Å². The van der Waals surface area contributed by atoms with Gasteiger partial charge in [-0.2, -0.15) is 0 Å². The molecule has 4 rings (SSSR count). The van der Waals surface area contributed by atoms with Crippen molar-refractivity contribution in [2.75, 3.05) is 18.0 Å². The molecule has 23 heavy (non-hydrogen) atoms. The molecule has 3 nitrogen and oxygen atoms in total. The molecule has 0 bridgehead atoms. The van der Waals surface area contributed by atoms with E-state index in [1.807, 2.05) is 0 Å². The zero-order valence-corrected chi connectivity index (χ0v) is 13.5. The van der Waals surface area contributed by atoms with Crippen molar-refractivity contribution in [3.05, 3.63) is 65.5 Å². The molecule has 116 valence electrons. The number of anilines is 1. The molecule has 1 saturated heterocycles. The van der Waals surface area contributed by atoms with Crippen LogP contribution in [0.25, 0.3) is 10.9 Å². The standard InChI is InChI=1S/C20H21N3/c1-15-7-6-8-16(13-15)14-19-21-18-10-3-2-9-17(18)20(22-19)23-11-4-5-12-23/h2-3,6-10,13H,4-5,11-12,14H2,1H3. The van der Waals surface area contributed by atoms with Gasteiger partial charge >= 0.3 is 0 Å². The SMILES string of the molecule is Cc1cccc(Cc2nc(N3CCCC3)c3ccccc3n2)c1. The van der Waals surface area contributed by atoms with E-state index in [1.54, 1.807) is 0 Å². The first-order valence-corrected chi connectivity index (χ1v) is 8.36. The Balaban J connectivity index is 1.77. The minimum absolute atomic E-state index is 0.785. The minimum Gasteiger partial charge on any atom is -0.356 e. The van der Waals surface area contributed by atoms with Gasteiger partial charge in [0, 0.05) is 24.9 Å². The molecule has 0 spiro atoms. The molecule has 0 N–H and O–H groups in total. The van der Waals surface area contributed by atoms with Crippen molar-refractivity contribution in [1.29, 1.82) is 0 Å². The molecule has 0 aliphatic carbocycles. The summed E-state index contributed by atoms with van der Waals surface area (Å²) in [6.45, 7) is 4.33. The first-order chi connectivity index (χ1) is 11.3. The van der Waals surface area contributed by atoms with Gasteiger partial charge in [0.25, 0.3) is 0 Å². The number of aromatic nitrogens is 2. The van der Waals surface area contributed by atoms with Gasteiger partial charge in [-0.15, -0.1) is 0 Å². The van der Waals surface area contributed by atoms with Gasteiger partial charge in [0.15, 0.2) is 0 Å². The smallest absolute Gasteiger partial charge is 0.140 e. The van der Waals surface area contributed by atoms with Crippen molar-refractivity contribution >= 4 is 16.7 Å². The van der Waals surface area contributed by atoms with Gasteiger partial charge in [0.05, 0.1) is 5.52 Å². The lowest BCUT2D eigenvalue weighted by molar-refractivity contribution is 0.906. The average Bonchev–Trinajstić information content (AvgIpc) is 3.08. The minimum atomic E-state index is 0.785. The third-order valence-electron chi connectivity index (χ3n) is 4.48. The van der Waals surface area contributed by atoms with Gasteiger partial charge in [-0.25, -0.2) is 9.97 Å². The number of nitrogens with zero attached hydrogens (tertiary/aromatic N) is 3. The van der Waals surface area contributed by atoms with E-state index in [9.17, 15) is 0 Å². The summed E-state index contributed by atoms with van der Waals surface area (Å²) in [6, 6.07) is 17.0. The van der Waals surface area contributed by atoms with Crippen molar-refractivity contribution in [2.24, 2.45) is 0 Å².